The van der Waals surface area contributed by atoms with Crippen molar-refractivity contribution in [2.24, 2.45) is 12.8 Å². The first-order chi connectivity index (χ1) is 7.77. The van der Waals surface area contributed by atoms with Gasteiger partial charge in [0.1, 0.15) is 5.75 Å². The van der Waals surface area contributed by atoms with Crippen LogP contribution in [0.15, 0.2) is 24.4 Å². The van der Waals surface area contributed by atoms with E-state index in [0.717, 1.165) is 30.7 Å². The predicted octanol–water partition coefficient (Wildman–Crippen LogP) is 2.08. The van der Waals surface area contributed by atoms with Crippen LogP contribution in [0.2, 0.25) is 0 Å². The molecule has 3 nitrogen and oxygen atoms in total. The van der Waals surface area contributed by atoms with E-state index in [1.807, 2.05) is 12.1 Å². The number of hydrogen-bond acceptors (Lipinski definition) is 2. The minimum atomic E-state index is 0.736. The van der Waals surface area contributed by atoms with Crippen molar-refractivity contribution in [3.8, 4) is 5.75 Å². The summed E-state index contributed by atoms with van der Waals surface area (Å²) in [6, 6.07) is 6.17. The fraction of sp³-hybridized carbons (Fsp3) is 0.385. The molecule has 2 rings (SSSR count). The molecule has 0 bridgehead atoms. The van der Waals surface area contributed by atoms with Crippen molar-refractivity contribution in [3.63, 3.8) is 0 Å². The third-order valence-electron chi connectivity index (χ3n) is 2.92. The lowest BCUT2D eigenvalue weighted by molar-refractivity contribution is 0.418. The summed E-state index contributed by atoms with van der Waals surface area (Å²) in [6.07, 6.45) is 4.22. The highest BCUT2D eigenvalue weighted by Crippen LogP contribution is 2.29. The molecular formula is C13H18N2O. The van der Waals surface area contributed by atoms with Crippen molar-refractivity contribution < 1.29 is 4.74 Å². The van der Waals surface area contributed by atoms with Gasteiger partial charge in [-0.2, -0.15) is 0 Å². The Labute approximate surface area is 95.8 Å². The number of rotatable bonds is 4. The average Bonchev–Trinajstić information content (AvgIpc) is 2.64. The van der Waals surface area contributed by atoms with Crippen LogP contribution in [0.3, 0.4) is 0 Å². The maximum atomic E-state index is 5.55. The molecule has 0 saturated carbocycles. The molecule has 2 N–H and O–H groups in total. The Hall–Kier alpha value is -1.48. The fourth-order valence-corrected chi connectivity index (χ4v) is 2.17. The van der Waals surface area contributed by atoms with Crippen LogP contribution < -0.4 is 10.5 Å². The first kappa shape index (κ1) is 11.0. The number of aryl methyl sites for hydroxylation is 2. The van der Waals surface area contributed by atoms with Crippen LogP contribution in [0.1, 0.15) is 12.0 Å². The van der Waals surface area contributed by atoms with Gasteiger partial charge in [0, 0.05) is 18.6 Å². The topological polar surface area (TPSA) is 40.2 Å². The molecule has 16 heavy (non-hydrogen) atoms. The smallest absolute Gasteiger partial charge is 0.143 e. The van der Waals surface area contributed by atoms with E-state index in [1.54, 1.807) is 7.11 Å². The Bertz CT molecular complexity index is 488. The van der Waals surface area contributed by atoms with E-state index in [9.17, 15) is 0 Å². The second-order valence-electron chi connectivity index (χ2n) is 4.01. The summed E-state index contributed by atoms with van der Waals surface area (Å²) in [5.74, 6) is 0.930. The van der Waals surface area contributed by atoms with E-state index in [-0.39, 0.29) is 0 Å². The summed E-state index contributed by atoms with van der Waals surface area (Å²) >= 11 is 0. The zero-order chi connectivity index (χ0) is 11.5. The Morgan fingerprint density at radius 3 is 2.88 bits per heavy atom. The van der Waals surface area contributed by atoms with Gasteiger partial charge in [0.25, 0.3) is 0 Å². The van der Waals surface area contributed by atoms with Gasteiger partial charge < -0.3 is 15.0 Å². The number of benzene rings is 1. The third-order valence-corrected chi connectivity index (χ3v) is 2.92. The van der Waals surface area contributed by atoms with Crippen LogP contribution >= 0.6 is 0 Å². The maximum Gasteiger partial charge on any atom is 0.143 e. The van der Waals surface area contributed by atoms with Gasteiger partial charge in [0.15, 0.2) is 0 Å². The minimum absolute atomic E-state index is 0.736. The average molecular weight is 218 g/mol. The predicted molar refractivity (Wildman–Crippen MR) is 66.8 cm³/mol. The Balaban J connectivity index is 2.53. The molecule has 2 aromatic rings. The first-order valence-corrected chi connectivity index (χ1v) is 5.59. The van der Waals surface area contributed by atoms with Gasteiger partial charge in [-0.25, -0.2) is 0 Å². The van der Waals surface area contributed by atoms with Gasteiger partial charge in [0.2, 0.25) is 0 Å². The van der Waals surface area contributed by atoms with Gasteiger partial charge in [-0.1, -0.05) is 12.1 Å². The van der Waals surface area contributed by atoms with Crippen LogP contribution in [0.5, 0.6) is 5.75 Å². The molecule has 0 unspecified atom stereocenters. The Kier molecular flexibility index (Phi) is 3.15. The SMILES string of the molecule is COc1cccc2c(CCCN)cn(C)c12. The Morgan fingerprint density at radius 1 is 1.38 bits per heavy atom. The number of nitrogens with zero attached hydrogens (tertiary/aromatic N) is 1. The highest BCUT2D eigenvalue weighted by atomic mass is 16.5. The molecule has 0 spiro atoms. The molecule has 0 aliphatic rings. The number of aromatic nitrogens is 1. The maximum absolute atomic E-state index is 5.55. The van der Waals surface area contributed by atoms with Gasteiger partial charge >= 0.3 is 0 Å². The second-order valence-corrected chi connectivity index (χ2v) is 4.01. The van der Waals surface area contributed by atoms with E-state index in [1.165, 1.54) is 10.9 Å². The lowest BCUT2D eigenvalue weighted by Crippen LogP contribution is -1.99. The summed E-state index contributed by atoms with van der Waals surface area (Å²) in [6.45, 7) is 0.736. The molecule has 0 aliphatic carbocycles. The second kappa shape index (κ2) is 4.58. The van der Waals surface area contributed by atoms with E-state index < -0.39 is 0 Å². The van der Waals surface area contributed by atoms with E-state index in [2.05, 4.69) is 23.9 Å². The van der Waals surface area contributed by atoms with Gasteiger partial charge in [-0.15, -0.1) is 0 Å². The lowest BCUT2D eigenvalue weighted by Gasteiger charge is -2.04. The summed E-state index contributed by atoms with van der Waals surface area (Å²) in [5, 5.41) is 1.27. The molecule has 0 atom stereocenters. The van der Waals surface area contributed by atoms with Crippen molar-refractivity contribution in [1.82, 2.24) is 4.57 Å². The highest BCUT2D eigenvalue weighted by molar-refractivity contribution is 5.89. The molecule has 1 aromatic carbocycles. The quantitative estimate of drug-likeness (QED) is 0.853. The normalized spacial score (nSPS) is 10.9. The van der Waals surface area contributed by atoms with Crippen molar-refractivity contribution in [1.29, 1.82) is 0 Å². The zero-order valence-electron chi connectivity index (χ0n) is 9.86. The number of hydrogen-bond donors (Lipinski definition) is 1. The van der Waals surface area contributed by atoms with Crippen molar-refractivity contribution in [2.45, 2.75) is 12.8 Å². The summed E-state index contributed by atoms with van der Waals surface area (Å²) < 4.78 is 7.51. The first-order valence-electron chi connectivity index (χ1n) is 5.59. The molecule has 1 heterocycles. The van der Waals surface area contributed by atoms with E-state index in [4.69, 9.17) is 10.5 Å². The van der Waals surface area contributed by atoms with Gasteiger partial charge in [0.05, 0.1) is 12.6 Å². The molecule has 1 aromatic heterocycles. The van der Waals surface area contributed by atoms with Crippen LogP contribution in [0.25, 0.3) is 10.9 Å². The van der Waals surface area contributed by atoms with Crippen molar-refractivity contribution >= 4 is 10.9 Å². The van der Waals surface area contributed by atoms with E-state index >= 15 is 0 Å². The monoisotopic (exact) mass is 218 g/mol. The zero-order valence-corrected chi connectivity index (χ0v) is 9.86. The summed E-state index contributed by atoms with van der Waals surface area (Å²) in [7, 11) is 3.76. The minimum Gasteiger partial charge on any atom is -0.495 e. The van der Waals surface area contributed by atoms with Crippen LogP contribution in [-0.2, 0) is 13.5 Å². The van der Waals surface area contributed by atoms with Gasteiger partial charge in [-0.3, -0.25) is 0 Å². The van der Waals surface area contributed by atoms with Gasteiger partial charge in [-0.05, 0) is 31.0 Å². The van der Waals surface area contributed by atoms with Crippen LogP contribution in [0, 0.1) is 0 Å². The number of para-hydroxylation sites is 1. The molecular weight excluding hydrogens is 200 g/mol. The molecule has 0 radical (unpaired) electrons. The van der Waals surface area contributed by atoms with E-state index in [0.29, 0.717) is 0 Å². The van der Waals surface area contributed by atoms with Crippen LogP contribution in [-0.4, -0.2) is 18.2 Å². The van der Waals surface area contributed by atoms with Crippen molar-refractivity contribution in [3.05, 3.63) is 30.0 Å². The molecule has 0 saturated heterocycles. The molecule has 3 heteroatoms. The third kappa shape index (κ3) is 1.78. The number of fused-ring (bicyclic) bond motifs is 1. The highest BCUT2D eigenvalue weighted by Gasteiger charge is 2.09. The number of methoxy groups -OCH3 is 1. The largest absolute Gasteiger partial charge is 0.495 e. The van der Waals surface area contributed by atoms with Crippen LogP contribution in [0.4, 0.5) is 0 Å². The number of nitrogens with two attached hydrogens (primary N) is 1. The summed E-state index contributed by atoms with van der Waals surface area (Å²) in [5.41, 5.74) is 8.06. The Morgan fingerprint density at radius 2 is 2.19 bits per heavy atom. The molecule has 0 amide bonds. The fourth-order valence-electron chi connectivity index (χ4n) is 2.17. The molecule has 0 aliphatic heterocycles. The summed E-state index contributed by atoms with van der Waals surface area (Å²) in [4.78, 5) is 0. The standard InChI is InChI=1S/C13H18N2O/c1-15-9-10(5-4-8-14)11-6-3-7-12(16-2)13(11)15/h3,6-7,9H,4-5,8,14H2,1-2H3. The molecule has 0 fully saturated rings. The lowest BCUT2D eigenvalue weighted by atomic mass is 10.1. The number of ether oxygens (including phenoxy) is 1. The molecule has 86 valence electrons. The van der Waals surface area contributed by atoms with Crippen molar-refractivity contribution in [2.75, 3.05) is 13.7 Å².